The molecule has 0 aliphatic rings. The van der Waals surface area contributed by atoms with Crippen LogP contribution in [-0.2, 0) is 6.61 Å². The SMILES string of the molecule is Cc1ccc(-n2nc(C)c(C(=O)NC(C)c3ccc(OCc4cccnc4)cc3)n2)c(C)c1. The van der Waals surface area contributed by atoms with Gasteiger partial charge in [0.15, 0.2) is 5.69 Å². The van der Waals surface area contributed by atoms with E-state index in [1.54, 1.807) is 19.3 Å². The van der Waals surface area contributed by atoms with Crippen LogP contribution in [0.25, 0.3) is 5.69 Å². The zero-order valence-electron chi connectivity index (χ0n) is 19.2. The molecule has 0 radical (unpaired) electrons. The van der Waals surface area contributed by atoms with E-state index < -0.39 is 0 Å². The van der Waals surface area contributed by atoms with Crippen LogP contribution < -0.4 is 10.1 Å². The molecule has 1 amide bonds. The molecule has 33 heavy (non-hydrogen) atoms. The van der Waals surface area contributed by atoms with Gasteiger partial charge in [-0.2, -0.15) is 9.90 Å². The van der Waals surface area contributed by atoms with E-state index in [1.165, 1.54) is 10.4 Å². The maximum Gasteiger partial charge on any atom is 0.274 e. The summed E-state index contributed by atoms with van der Waals surface area (Å²) in [6.45, 7) is 8.23. The van der Waals surface area contributed by atoms with Crippen LogP contribution in [0.3, 0.4) is 0 Å². The Kier molecular flexibility index (Phi) is 6.49. The fourth-order valence-electron chi connectivity index (χ4n) is 3.58. The van der Waals surface area contributed by atoms with E-state index in [9.17, 15) is 4.79 Å². The number of nitrogens with one attached hydrogen (secondary N) is 1. The van der Waals surface area contributed by atoms with Crippen LogP contribution in [0.1, 0.15) is 51.4 Å². The summed E-state index contributed by atoms with van der Waals surface area (Å²) in [6, 6.07) is 17.4. The maximum atomic E-state index is 12.9. The van der Waals surface area contributed by atoms with E-state index in [0.717, 1.165) is 28.1 Å². The van der Waals surface area contributed by atoms with Crippen LogP contribution in [0.2, 0.25) is 0 Å². The quantitative estimate of drug-likeness (QED) is 0.451. The van der Waals surface area contributed by atoms with Gasteiger partial charge in [0.2, 0.25) is 0 Å². The van der Waals surface area contributed by atoms with Crippen molar-refractivity contribution in [2.45, 2.75) is 40.3 Å². The highest BCUT2D eigenvalue weighted by Crippen LogP contribution is 2.20. The van der Waals surface area contributed by atoms with Crippen molar-refractivity contribution in [2.24, 2.45) is 0 Å². The van der Waals surface area contributed by atoms with Crippen molar-refractivity contribution < 1.29 is 9.53 Å². The van der Waals surface area contributed by atoms with E-state index in [4.69, 9.17) is 4.74 Å². The molecule has 168 valence electrons. The molecule has 1 atom stereocenters. The predicted molar refractivity (Wildman–Crippen MR) is 126 cm³/mol. The number of benzene rings is 2. The molecule has 2 heterocycles. The van der Waals surface area contributed by atoms with E-state index in [-0.39, 0.29) is 11.9 Å². The third-order valence-corrected chi connectivity index (χ3v) is 5.42. The van der Waals surface area contributed by atoms with Gasteiger partial charge >= 0.3 is 0 Å². The first kappa shape index (κ1) is 22.2. The highest BCUT2D eigenvalue weighted by atomic mass is 16.5. The Labute approximate surface area is 193 Å². The minimum absolute atomic E-state index is 0.199. The molecule has 0 spiro atoms. The summed E-state index contributed by atoms with van der Waals surface area (Å²) in [5.74, 6) is 0.501. The first-order chi connectivity index (χ1) is 15.9. The van der Waals surface area contributed by atoms with Gasteiger partial charge in [0.05, 0.1) is 17.4 Å². The van der Waals surface area contributed by atoms with Crippen molar-refractivity contribution in [3.05, 3.63) is 101 Å². The van der Waals surface area contributed by atoms with Crippen molar-refractivity contribution in [3.8, 4) is 11.4 Å². The van der Waals surface area contributed by atoms with Crippen molar-refractivity contribution in [3.63, 3.8) is 0 Å². The van der Waals surface area contributed by atoms with Gasteiger partial charge in [0.1, 0.15) is 12.4 Å². The fourth-order valence-corrected chi connectivity index (χ4v) is 3.58. The molecule has 0 saturated heterocycles. The molecule has 4 rings (SSSR count). The Hall–Kier alpha value is -4.00. The number of nitrogens with zero attached hydrogens (tertiary/aromatic N) is 4. The molecule has 0 aliphatic heterocycles. The molecule has 7 heteroatoms. The van der Waals surface area contributed by atoms with Gasteiger partial charge in [-0.05, 0) is 63.1 Å². The zero-order chi connectivity index (χ0) is 23.4. The second-order valence-electron chi connectivity index (χ2n) is 8.13. The van der Waals surface area contributed by atoms with Crippen LogP contribution in [0, 0.1) is 20.8 Å². The number of aromatic nitrogens is 4. The molecule has 4 aromatic rings. The largest absolute Gasteiger partial charge is 0.489 e. The summed E-state index contributed by atoms with van der Waals surface area (Å²) in [7, 11) is 0. The Morgan fingerprint density at radius 3 is 2.55 bits per heavy atom. The molecule has 2 aromatic carbocycles. The molecule has 0 aliphatic carbocycles. The minimum Gasteiger partial charge on any atom is -0.489 e. The molecule has 2 aromatic heterocycles. The second kappa shape index (κ2) is 9.65. The lowest BCUT2D eigenvalue weighted by Crippen LogP contribution is -2.27. The molecular formula is C26H27N5O2. The molecular weight excluding hydrogens is 414 g/mol. The Morgan fingerprint density at radius 2 is 1.85 bits per heavy atom. The predicted octanol–water partition coefficient (Wildman–Crippen LogP) is 4.66. The molecule has 0 bridgehead atoms. The minimum atomic E-state index is -0.257. The van der Waals surface area contributed by atoms with Crippen molar-refractivity contribution in [2.75, 3.05) is 0 Å². The van der Waals surface area contributed by atoms with Gasteiger partial charge in [-0.3, -0.25) is 9.78 Å². The summed E-state index contributed by atoms with van der Waals surface area (Å²) in [5.41, 5.74) is 5.95. The van der Waals surface area contributed by atoms with E-state index in [2.05, 4.69) is 26.6 Å². The van der Waals surface area contributed by atoms with Crippen LogP contribution in [0.15, 0.2) is 67.0 Å². The van der Waals surface area contributed by atoms with Crippen molar-refractivity contribution >= 4 is 5.91 Å². The topological polar surface area (TPSA) is 81.9 Å². The number of hydrogen-bond acceptors (Lipinski definition) is 5. The van der Waals surface area contributed by atoms with Crippen LogP contribution in [0.5, 0.6) is 5.75 Å². The Bertz CT molecular complexity index is 1250. The number of ether oxygens (including phenoxy) is 1. The third-order valence-electron chi connectivity index (χ3n) is 5.42. The highest BCUT2D eigenvalue weighted by Gasteiger charge is 2.19. The average molecular weight is 442 g/mol. The van der Waals surface area contributed by atoms with Gasteiger partial charge < -0.3 is 10.1 Å². The standard InChI is InChI=1S/C26H27N5O2/c1-17-7-12-24(18(2)14-17)31-29-20(4)25(30-31)26(32)28-19(3)22-8-10-23(11-9-22)33-16-21-6-5-13-27-15-21/h5-15,19H,16H2,1-4H3,(H,28,32). The number of pyridine rings is 1. The number of carbonyl (C=O) groups excluding carboxylic acids is 1. The zero-order valence-corrected chi connectivity index (χ0v) is 19.2. The molecule has 1 unspecified atom stereocenters. The summed E-state index contributed by atoms with van der Waals surface area (Å²) < 4.78 is 5.81. The van der Waals surface area contributed by atoms with E-state index in [1.807, 2.05) is 69.3 Å². The van der Waals surface area contributed by atoms with Gasteiger partial charge in [-0.15, -0.1) is 5.10 Å². The molecule has 0 fully saturated rings. The summed E-state index contributed by atoms with van der Waals surface area (Å²) in [4.78, 5) is 18.5. The Morgan fingerprint density at radius 1 is 1.06 bits per heavy atom. The number of aryl methyl sites for hydroxylation is 3. The first-order valence-electron chi connectivity index (χ1n) is 10.8. The molecule has 1 N–H and O–H groups in total. The van der Waals surface area contributed by atoms with Gasteiger partial charge in [0.25, 0.3) is 5.91 Å². The lowest BCUT2D eigenvalue weighted by atomic mass is 10.1. The lowest BCUT2D eigenvalue weighted by molar-refractivity contribution is 0.0934. The highest BCUT2D eigenvalue weighted by molar-refractivity contribution is 5.93. The second-order valence-corrected chi connectivity index (χ2v) is 8.13. The van der Waals surface area contributed by atoms with Gasteiger partial charge in [-0.25, -0.2) is 0 Å². The van der Waals surface area contributed by atoms with E-state index >= 15 is 0 Å². The van der Waals surface area contributed by atoms with Gasteiger partial charge in [0, 0.05) is 18.0 Å². The average Bonchev–Trinajstić information content (AvgIpc) is 3.20. The lowest BCUT2D eigenvalue weighted by Gasteiger charge is -2.14. The maximum absolute atomic E-state index is 12.9. The fraction of sp³-hybridized carbons (Fsp3) is 0.231. The summed E-state index contributed by atoms with van der Waals surface area (Å²) >= 11 is 0. The molecule has 7 nitrogen and oxygen atoms in total. The third kappa shape index (κ3) is 5.26. The number of rotatable bonds is 7. The number of carbonyl (C=O) groups is 1. The first-order valence-corrected chi connectivity index (χ1v) is 10.8. The van der Waals surface area contributed by atoms with Crippen LogP contribution in [0.4, 0.5) is 0 Å². The van der Waals surface area contributed by atoms with Crippen LogP contribution >= 0.6 is 0 Å². The van der Waals surface area contributed by atoms with E-state index in [0.29, 0.717) is 18.0 Å². The van der Waals surface area contributed by atoms with Gasteiger partial charge in [-0.1, -0.05) is 35.9 Å². The summed E-state index contributed by atoms with van der Waals surface area (Å²) in [5, 5.41) is 11.9. The number of hydrogen-bond donors (Lipinski definition) is 1. The van der Waals surface area contributed by atoms with Crippen molar-refractivity contribution in [1.82, 2.24) is 25.3 Å². The van der Waals surface area contributed by atoms with Crippen molar-refractivity contribution in [1.29, 1.82) is 0 Å². The molecule has 0 saturated carbocycles. The summed E-state index contributed by atoms with van der Waals surface area (Å²) in [6.07, 6.45) is 3.52. The van der Waals surface area contributed by atoms with Crippen LogP contribution in [-0.4, -0.2) is 25.9 Å². The normalized spacial score (nSPS) is 11.8. The Balaban J connectivity index is 1.40. The monoisotopic (exact) mass is 441 g/mol. The smallest absolute Gasteiger partial charge is 0.274 e. The number of amides is 1.